The number of aryl methyl sites for hydroxylation is 1. The normalized spacial score (nSPS) is 22.8. The van der Waals surface area contributed by atoms with E-state index in [-0.39, 0.29) is 6.04 Å². The zero-order valence-corrected chi connectivity index (χ0v) is 10.9. The van der Waals surface area contributed by atoms with E-state index in [0.717, 1.165) is 17.7 Å². The van der Waals surface area contributed by atoms with Gasteiger partial charge in [0.05, 0.1) is 0 Å². The highest BCUT2D eigenvalue weighted by atomic mass is 32.2. The molecule has 0 spiro atoms. The van der Waals surface area contributed by atoms with Gasteiger partial charge in [-0.15, -0.1) is 11.3 Å². The van der Waals surface area contributed by atoms with E-state index in [1.165, 1.54) is 15.6 Å². The molecule has 1 aromatic rings. The maximum Gasteiger partial charge on any atom is 0.252 e. The molecule has 0 saturated carbocycles. The largest absolute Gasteiger partial charge is 0.326 e. The highest BCUT2D eigenvalue weighted by molar-refractivity contribution is 7.91. The molecule has 2 heterocycles. The first-order valence-electron chi connectivity index (χ1n) is 5.38. The predicted octanol–water partition coefficient (Wildman–Crippen LogP) is 1.03. The summed E-state index contributed by atoms with van der Waals surface area (Å²) >= 11 is 1.36. The van der Waals surface area contributed by atoms with Crippen molar-refractivity contribution in [3.63, 3.8) is 0 Å². The first-order chi connectivity index (χ1) is 7.54. The van der Waals surface area contributed by atoms with Gasteiger partial charge in [-0.2, -0.15) is 4.31 Å². The molecule has 1 aliphatic heterocycles. The van der Waals surface area contributed by atoms with Crippen LogP contribution in [0.5, 0.6) is 0 Å². The summed E-state index contributed by atoms with van der Waals surface area (Å²) in [6.45, 7) is 3.01. The Balaban J connectivity index is 2.25. The van der Waals surface area contributed by atoms with Crippen molar-refractivity contribution in [2.45, 2.75) is 30.0 Å². The fraction of sp³-hybridized carbons (Fsp3) is 0.600. The minimum atomic E-state index is -3.29. The SMILES string of the molecule is CCc1ccc(S(=O)(=O)N2CC[C@@H](N)C2)s1. The quantitative estimate of drug-likeness (QED) is 0.883. The van der Waals surface area contributed by atoms with Crippen LogP contribution >= 0.6 is 11.3 Å². The Morgan fingerprint density at radius 3 is 2.81 bits per heavy atom. The third kappa shape index (κ3) is 2.15. The molecule has 2 N–H and O–H groups in total. The van der Waals surface area contributed by atoms with Crippen LogP contribution in [-0.2, 0) is 16.4 Å². The minimum Gasteiger partial charge on any atom is -0.326 e. The lowest BCUT2D eigenvalue weighted by molar-refractivity contribution is 0.474. The average Bonchev–Trinajstić information content (AvgIpc) is 2.85. The monoisotopic (exact) mass is 260 g/mol. The second-order valence-electron chi connectivity index (χ2n) is 3.99. The molecule has 0 radical (unpaired) electrons. The van der Waals surface area contributed by atoms with Crippen molar-refractivity contribution >= 4 is 21.4 Å². The Labute approximate surface area is 100 Å². The maximum absolute atomic E-state index is 12.2. The lowest BCUT2D eigenvalue weighted by Crippen LogP contribution is -2.31. The summed E-state index contributed by atoms with van der Waals surface area (Å²) in [5.74, 6) is 0. The Kier molecular flexibility index (Phi) is 3.34. The van der Waals surface area contributed by atoms with Gasteiger partial charge in [0.15, 0.2) is 0 Å². The molecule has 1 aromatic heterocycles. The van der Waals surface area contributed by atoms with Crippen molar-refractivity contribution in [1.29, 1.82) is 0 Å². The van der Waals surface area contributed by atoms with Crippen LogP contribution in [0.3, 0.4) is 0 Å². The zero-order valence-electron chi connectivity index (χ0n) is 9.22. The average molecular weight is 260 g/mol. The molecule has 0 unspecified atom stereocenters. The number of rotatable bonds is 3. The van der Waals surface area contributed by atoms with Gasteiger partial charge in [0.1, 0.15) is 4.21 Å². The van der Waals surface area contributed by atoms with Crippen molar-refractivity contribution in [2.75, 3.05) is 13.1 Å². The van der Waals surface area contributed by atoms with Crippen LogP contribution in [0.4, 0.5) is 0 Å². The Bertz CT molecular complexity index is 467. The van der Waals surface area contributed by atoms with E-state index in [4.69, 9.17) is 5.73 Å². The van der Waals surface area contributed by atoms with E-state index in [1.54, 1.807) is 6.07 Å². The molecule has 90 valence electrons. The van der Waals surface area contributed by atoms with Crippen molar-refractivity contribution in [1.82, 2.24) is 4.31 Å². The molecular formula is C10H16N2O2S2. The van der Waals surface area contributed by atoms with E-state index in [1.807, 2.05) is 13.0 Å². The molecule has 16 heavy (non-hydrogen) atoms. The van der Waals surface area contributed by atoms with Gasteiger partial charge in [0.2, 0.25) is 0 Å². The summed E-state index contributed by atoms with van der Waals surface area (Å²) < 4.78 is 26.3. The fourth-order valence-corrected chi connectivity index (χ4v) is 4.75. The van der Waals surface area contributed by atoms with E-state index < -0.39 is 10.0 Å². The first-order valence-corrected chi connectivity index (χ1v) is 7.64. The lowest BCUT2D eigenvalue weighted by atomic mass is 10.3. The third-order valence-electron chi connectivity index (χ3n) is 2.77. The van der Waals surface area contributed by atoms with Gasteiger partial charge < -0.3 is 5.73 Å². The number of sulfonamides is 1. The first kappa shape index (κ1) is 12.0. The van der Waals surface area contributed by atoms with Crippen molar-refractivity contribution in [3.05, 3.63) is 17.0 Å². The van der Waals surface area contributed by atoms with Crippen LogP contribution in [0.15, 0.2) is 16.3 Å². The Morgan fingerprint density at radius 2 is 2.31 bits per heavy atom. The van der Waals surface area contributed by atoms with Crippen LogP contribution in [0, 0.1) is 0 Å². The molecule has 4 nitrogen and oxygen atoms in total. The summed E-state index contributed by atoms with van der Waals surface area (Å²) in [4.78, 5) is 1.10. The molecule has 1 fully saturated rings. The van der Waals surface area contributed by atoms with E-state index in [2.05, 4.69) is 0 Å². The highest BCUT2D eigenvalue weighted by Crippen LogP contribution is 2.27. The molecule has 6 heteroatoms. The van der Waals surface area contributed by atoms with Crippen molar-refractivity contribution < 1.29 is 8.42 Å². The van der Waals surface area contributed by atoms with E-state index in [0.29, 0.717) is 17.3 Å². The van der Waals surface area contributed by atoms with Crippen molar-refractivity contribution in [3.8, 4) is 0 Å². The van der Waals surface area contributed by atoms with Crippen LogP contribution in [0.2, 0.25) is 0 Å². The van der Waals surface area contributed by atoms with Crippen molar-refractivity contribution in [2.24, 2.45) is 5.73 Å². The maximum atomic E-state index is 12.2. The lowest BCUT2D eigenvalue weighted by Gasteiger charge is -2.14. The van der Waals surface area contributed by atoms with Crippen LogP contribution in [-0.4, -0.2) is 31.9 Å². The molecule has 1 saturated heterocycles. The van der Waals surface area contributed by atoms with Gasteiger partial charge in [-0.25, -0.2) is 8.42 Å². The second kappa shape index (κ2) is 4.44. The Morgan fingerprint density at radius 1 is 1.56 bits per heavy atom. The van der Waals surface area contributed by atoms with Gasteiger partial charge in [-0.05, 0) is 25.0 Å². The minimum absolute atomic E-state index is 0.0135. The highest BCUT2D eigenvalue weighted by Gasteiger charge is 2.31. The third-order valence-corrected chi connectivity index (χ3v) is 6.33. The van der Waals surface area contributed by atoms with E-state index in [9.17, 15) is 8.42 Å². The number of thiophene rings is 1. The van der Waals surface area contributed by atoms with Gasteiger partial charge in [-0.3, -0.25) is 0 Å². The van der Waals surface area contributed by atoms with Gasteiger partial charge in [0, 0.05) is 24.0 Å². The number of hydrogen-bond donors (Lipinski definition) is 1. The molecule has 2 rings (SSSR count). The topological polar surface area (TPSA) is 63.4 Å². The number of hydrogen-bond acceptors (Lipinski definition) is 4. The fourth-order valence-electron chi connectivity index (χ4n) is 1.79. The van der Waals surface area contributed by atoms with E-state index >= 15 is 0 Å². The number of nitrogens with zero attached hydrogens (tertiary/aromatic N) is 1. The Hall–Kier alpha value is -0.430. The molecule has 0 aromatic carbocycles. The zero-order chi connectivity index (χ0) is 11.8. The summed E-state index contributed by atoms with van der Waals surface area (Å²) in [5, 5.41) is 0. The molecule has 0 bridgehead atoms. The summed E-state index contributed by atoms with van der Waals surface area (Å²) in [5.41, 5.74) is 5.73. The summed E-state index contributed by atoms with van der Waals surface area (Å²) in [6.07, 6.45) is 1.63. The molecular weight excluding hydrogens is 244 g/mol. The van der Waals surface area contributed by atoms with Crippen LogP contribution in [0.25, 0.3) is 0 Å². The molecule has 0 amide bonds. The smallest absolute Gasteiger partial charge is 0.252 e. The molecule has 0 aliphatic carbocycles. The standard InChI is InChI=1S/C10H16N2O2S2/c1-2-9-3-4-10(15-9)16(13,14)12-6-5-8(11)7-12/h3-4,8H,2,5-7,11H2,1H3/t8-/m1/s1. The molecule has 1 aliphatic rings. The van der Waals surface area contributed by atoms with Gasteiger partial charge in [-0.1, -0.05) is 6.92 Å². The van der Waals surface area contributed by atoms with Crippen LogP contribution < -0.4 is 5.73 Å². The second-order valence-corrected chi connectivity index (χ2v) is 7.32. The van der Waals surface area contributed by atoms with Gasteiger partial charge in [0.25, 0.3) is 10.0 Å². The number of nitrogens with two attached hydrogens (primary N) is 1. The summed E-state index contributed by atoms with van der Waals surface area (Å²) in [6, 6.07) is 3.57. The summed E-state index contributed by atoms with van der Waals surface area (Å²) in [7, 11) is -3.29. The van der Waals surface area contributed by atoms with Crippen LogP contribution in [0.1, 0.15) is 18.2 Å². The predicted molar refractivity (Wildman–Crippen MR) is 65.0 cm³/mol. The molecule has 1 atom stereocenters. The van der Waals surface area contributed by atoms with Gasteiger partial charge >= 0.3 is 0 Å².